The standard InChI is InChI=1S/C15H20N2O3/c1-11(2)15(3,10-16)17-14(18)9-20-13-7-5-12(19-4)6-8-13/h5-8,11H,9H2,1-4H3,(H,17,18)/t15-/m0/s1. The molecule has 1 amide bonds. The second-order valence-corrected chi connectivity index (χ2v) is 4.98. The van der Waals surface area contributed by atoms with Crippen molar-refractivity contribution in [3.8, 4) is 17.6 Å². The lowest BCUT2D eigenvalue weighted by atomic mass is 9.90. The molecular formula is C15H20N2O3. The molecule has 0 radical (unpaired) electrons. The molecule has 0 aliphatic heterocycles. The first-order valence-electron chi connectivity index (χ1n) is 6.40. The summed E-state index contributed by atoms with van der Waals surface area (Å²) in [6.07, 6.45) is 0. The Morgan fingerprint density at radius 3 is 2.35 bits per heavy atom. The number of amides is 1. The van der Waals surface area contributed by atoms with Crippen LogP contribution in [0.2, 0.25) is 0 Å². The molecule has 0 saturated carbocycles. The van der Waals surface area contributed by atoms with Crippen LogP contribution in [-0.4, -0.2) is 25.2 Å². The number of nitriles is 1. The molecule has 1 rings (SSSR count). The summed E-state index contributed by atoms with van der Waals surface area (Å²) in [5.74, 6) is 0.985. The summed E-state index contributed by atoms with van der Waals surface area (Å²) in [4.78, 5) is 11.8. The fourth-order valence-corrected chi connectivity index (χ4v) is 1.45. The van der Waals surface area contributed by atoms with Crippen LogP contribution in [0.1, 0.15) is 20.8 Å². The first-order valence-corrected chi connectivity index (χ1v) is 6.40. The van der Waals surface area contributed by atoms with Crippen LogP contribution in [0.3, 0.4) is 0 Å². The van der Waals surface area contributed by atoms with Crippen molar-refractivity contribution < 1.29 is 14.3 Å². The maximum Gasteiger partial charge on any atom is 0.259 e. The molecule has 1 aromatic rings. The molecule has 1 N–H and O–H groups in total. The van der Waals surface area contributed by atoms with E-state index in [9.17, 15) is 4.79 Å². The second-order valence-electron chi connectivity index (χ2n) is 4.98. The summed E-state index contributed by atoms with van der Waals surface area (Å²) in [5.41, 5.74) is -0.889. The molecule has 0 aliphatic rings. The fraction of sp³-hybridized carbons (Fsp3) is 0.467. The maximum absolute atomic E-state index is 11.8. The Kier molecular flexibility index (Phi) is 5.39. The van der Waals surface area contributed by atoms with Crippen LogP contribution >= 0.6 is 0 Å². The minimum Gasteiger partial charge on any atom is -0.497 e. The van der Waals surface area contributed by atoms with E-state index in [2.05, 4.69) is 11.4 Å². The van der Waals surface area contributed by atoms with E-state index < -0.39 is 5.54 Å². The number of rotatable bonds is 6. The molecule has 1 atom stereocenters. The lowest BCUT2D eigenvalue weighted by molar-refractivity contribution is -0.124. The van der Waals surface area contributed by atoms with E-state index in [-0.39, 0.29) is 18.4 Å². The molecule has 108 valence electrons. The lowest BCUT2D eigenvalue weighted by Crippen LogP contribution is -2.50. The number of nitrogens with zero attached hydrogens (tertiary/aromatic N) is 1. The Bertz CT molecular complexity index is 491. The summed E-state index contributed by atoms with van der Waals surface area (Å²) >= 11 is 0. The zero-order valence-corrected chi connectivity index (χ0v) is 12.3. The van der Waals surface area contributed by atoms with E-state index in [1.54, 1.807) is 38.3 Å². The number of carbonyl (C=O) groups excluding carboxylic acids is 1. The van der Waals surface area contributed by atoms with E-state index in [1.165, 1.54) is 0 Å². The van der Waals surface area contributed by atoms with E-state index in [4.69, 9.17) is 14.7 Å². The third-order valence-corrected chi connectivity index (χ3v) is 3.22. The highest BCUT2D eigenvalue weighted by molar-refractivity contribution is 5.78. The average Bonchev–Trinajstić information content (AvgIpc) is 2.45. The predicted octanol–water partition coefficient (Wildman–Crippen LogP) is 2.13. The molecule has 5 heteroatoms. The zero-order valence-electron chi connectivity index (χ0n) is 12.3. The lowest BCUT2D eigenvalue weighted by Gasteiger charge is -2.27. The molecule has 0 bridgehead atoms. The topological polar surface area (TPSA) is 71.3 Å². The van der Waals surface area contributed by atoms with Crippen LogP contribution < -0.4 is 14.8 Å². The van der Waals surface area contributed by atoms with E-state index in [1.807, 2.05) is 13.8 Å². The monoisotopic (exact) mass is 276 g/mol. The predicted molar refractivity (Wildman–Crippen MR) is 75.5 cm³/mol. The van der Waals surface area contributed by atoms with Gasteiger partial charge in [0.2, 0.25) is 0 Å². The van der Waals surface area contributed by atoms with Crippen molar-refractivity contribution in [2.75, 3.05) is 13.7 Å². The molecule has 0 fully saturated rings. The third kappa shape index (κ3) is 4.16. The van der Waals surface area contributed by atoms with Crippen molar-refractivity contribution in [1.29, 1.82) is 5.26 Å². The van der Waals surface area contributed by atoms with Crippen LogP contribution in [-0.2, 0) is 4.79 Å². The molecule has 5 nitrogen and oxygen atoms in total. The van der Waals surface area contributed by atoms with E-state index in [0.717, 1.165) is 5.75 Å². The van der Waals surface area contributed by atoms with Gasteiger partial charge in [-0.1, -0.05) is 13.8 Å². The third-order valence-electron chi connectivity index (χ3n) is 3.22. The smallest absolute Gasteiger partial charge is 0.259 e. The molecule has 0 saturated heterocycles. The quantitative estimate of drug-likeness (QED) is 0.864. The van der Waals surface area contributed by atoms with Gasteiger partial charge in [-0.15, -0.1) is 0 Å². The normalized spacial score (nSPS) is 13.2. The van der Waals surface area contributed by atoms with Crippen molar-refractivity contribution in [2.45, 2.75) is 26.3 Å². The van der Waals surface area contributed by atoms with Gasteiger partial charge in [0, 0.05) is 0 Å². The van der Waals surface area contributed by atoms with Crippen LogP contribution in [0.25, 0.3) is 0 Å². The number of ether oxygens (including phenoxy) is 2. The Balaban J connectivity index is 2.53. The average molecular weight is 276 g/mol. The Labute approximate surface area is 119 Å². The summed E-state index contributed by atoms with van der Waals surface area (Å²) in [7, 11) is 1.58. The SMILES string of the molecule is COc1ccc(OCC(=O)N[C@@](C)(C#N)C(C)C)cc1. The van der Waals surface area contributed by atoms with Gasteiger partial charge in [-0.05, 0) is 37.1 Å². The number of benzene rings is 1. The molecule has 0 heterocycles. The van der Waals surface area contributed by atoms with Gasteiger partial charge in [-0.3, -0.25) is 4.79 Å². The summed E-state index contributed by atoms with van der Waals surface area (Å²) in [5, 5.41) is 11.8. The summed E-state index contributed by atoms with van der Waals surface area (Å²) in [6.45, 7) is 5.33. The van der Waals surface area contributed by atoms with E-state index >= 15 is 0 Å². The van der Waals surface area contributed by atoms with Crippen molar-refractivity contribution in [3.63, 3.8) is 0 Å². The van der Waals surface area contributed by atoms with Crippen LogP contribution in [0, 0.1) is 17.2 Å². The van der Waals surface area contributed by atoms with Gasteiger partial charge in [-0.25, -0.2) is 0 Å². The largest absolute Gasteiger partial charge is 0.497 e. The second kappa shape index (κ2) is 6.80. The first-order chi connectivity index (χ1) is 9.41. The molecule has 0 unspecified atom stereocenters. The fourth-order valence-electron chi connectivity index (χ4n) is 1.45. The van der Waals surface area contributed by atoms with Gasteiger partial charge in [0.25, 0.3) is 5.91 Å². The molecule has 0 spiro atoms. The molecule has 0 aliphatic carbocycles. The minimum atomic E-state index is -0.889. The highest BCUT2D eigenvalue weighted by Crippen LogP contribution is 2.17. The molecule has 20 heavy (non-hydrogen) atoms. The summed E-state index contributed by atoms with van der Waals surface area (Å²) < 4.78 is 10.4. The van der Waals surface area contributed by atoms with Gasteiger partial charge in [0.05, 0.1) is 13.2 Å². The molecule has 1 aromatic carbocycles. The van der Waals surface area contributed by atoms with Gasteiger partial charge in [-0.2, -0.15) is 5.26 Å². The number of carbonyl (C=O) groups is 1. The number of hydrogen-bond acceptors (Lipinski definition) is 4. The van der Waals surface area contributed by atoms with Crippen molar-refractivity contribution in [2.24, 2.45) is 5.92 Å². The van der Waals surface area contributed by atoms with Crippen molar-refractivity contribution in [3.05, 3.63) is 24.3 Å². The Morgan fingerprint density at radius 1 is 1.35 bits per heavy atom. The van der Waals surface area contributed by atoms with Crippen LogP contribution in [0.4, 0.5) is 0 Å². The maximum atomic E-state index is 11.8. The van der Waals surface area contributed by atoms with Crippen LogP contribution in [0.15, 0.2) is 24.3 Å². The molecular weight excluding hydrogens is 256 g/mol. The first kappa shape index (κ1) is 15.8. The van der Waals surface area contributed by atoms with Crippen LogP contribution in [0.5, 0.6) is 11.5 Å². The van der Waals surface area contributed by atoms with Gasteiger partial charge < -0.3 is 14.8 Å². The number of hydrogen-bond donors (Lipinski definition) is 1. The van der Waals surface area contributed by atoms with Gasteiger partial charge >= 0.3 is 0 Å². The zero-order chi connectivity index (χ0) is 15.2. The van der Waals surface area contributed by atoms with E-state index in [0.29, 0.717) is 5.75 Å². The summed E-state index contributed by atoms with van der Waals surface area (Å²) in [6, 6.07) is 9.06. The van der Waals surface area contributed by atoms with Crippen molar-refractivity contribution in [1.82, 2.24) is 5.32 Å². The minimum absolute atomic E-state index is 0.0115. The Morgan fingerprint density at radius 2 is 1.90 bits per heavy atom. The molecule has 0 aromatic heterocycles. The van der Waals surface area contributed by atoms with Crippen molar-refractivity contribution >= 4 is 5.91 Å². The Hall–Kier alpha value is -2.22. The van der Waals surface area contributed by atoms with Gasteiger partial charge in [0.1, 0.15) is 17.0 Å². The number of nitrogens with one attached hydrogen (secondary N) is 1. The highest BCUT2D eigenvalue weighted by Gasteiger charge is 2.29. The van der Waals surface area contributed by atoms with Gasteiger partial charge in [0.15, 0.2) is 6.61 Å². The number of methoxy groups -OCH3 is 1. The highest BCUT2D eigenvalue weighted by atomic mass is 16.5.